The summed E-state index contributed by atoms with van der Waals surface area (Å²) in [5, 5.41) is 12.5. The summed E-state index contributed by atoms with van der Waals surface area (Å²) < 4.78 is 1.94. The number of aromatic nitrogens is 3. The third-order valence-electron chi connectivity index (χ3n) is 3.30. The third-order valence-corrected chi connectivity index (χ3v) is 4.38. The van der Waals surface area contributed by atoms with Crippen molar-refractivity contribution in [2.45, 2.75) is 19.8 Å². The minimum absolute atomic E-state index is 0.310. The number of nitrogens with one attached hydrogen (secondary N) is 1. The molecule has 0 saturated heterocycles. The number of carbonyl (C=O) groups is 1. The van der Waals surface area contributed by atoms with Gasteiger partial charge in [-0.1, -0.05) is 13.3 Å². The predicted molar refractivity (Wildman–Crippen MR) is 86.7 cm³/mol. The lowest BCUT2D eigenvalue weighted by molar-refractivity contribution is 0.0702. The molecule has 0 atom stereocenters. The van der Waals surface area contributed by atoms with Crippen molar-refractivity contribution >= 4 is 28.8 Å². The SMILES string of the molecule is CCCCNc1c(-c2ccc(C(=O)O)s2)nc2cnccn12. The average molecular weight is 316 g/mol. The molecule has 114 valence electrons. The maximum absolute atomic E-state index is 11.1. The van der Waals surface area contributed by atoms with Crippen molar-refractivity contribution in [3.05, 3.63) is 35.6 Å². The molecule has 0 spiro atoms. The van der Waals surface area contributed by atoms with Crippen LogP contribution in [0, 0.1) is 0 Å². The van der Waals surface area contributed by atoms with Crippen LogP contribution in [0.4, 0.5) is 5.82 Å². The van der Waals surface area contributed by atoms with Crippen LogP contribution in [0.25, 0.3) is 16.2 Å². The molecule has 0 aliphatic carbocycles. The summed E-state index contributed by atoms with van der Waals surface area (Å²) >= 11 is 1.23. The van der Waals surface area contributed by atoms with E-state index in [9.17, 15) is 4.79 Å². The lowest BCUT2D eigenvalue weighted by Gasteiger charge is -2.06. The third kappa shape index (κ3) is 2.67. The van der Waals surface area contributed by atoms with Crippen LogP contribution in [-0.4, -0.2) is 32.0 Å². The maximum Gasteiger partial charge on any atom is 0.345 e. The second-order valence-electron chi connectivity index (χ2n) is 4.86. The Labute approximate surface area is 131 Å². The highest BCUT2D eigenvalue weighted by Crippen LogP contribution is 2.33. The van der Waals surface area contributed by atoms with Crippen molar-refractivity contribution in [3.63, 3.8) is 0 Å². The quantitative estimate of drug-likeness (QED) is 0.682. The number of hydrogen-bond donors (Lipinski definition) is 2. The van der Waals surface area contributed by atoms with E-state index >= 15 is 0 Å². The highest BCUT2D eigenvalue weighted by molar-refractivity contribution is 7.17. The molecular formula is C15H16N4O2S. The maximum atomic E-state index is 11.1. The van der Waals surface area contributed by atoms with E-state index in [0.717, 1.165) is 41.4 Å². The Bertz CT molecular complexity index is 809. The summed E-state index contributed by atoms with van der Waals surface area (Å²) in [7, 11) is 0. The Morgan fingerprint density at radius 2 is 2.32 bits per heavy atom. The molecule has 2 N–H and O–H groups in total. The second kappa shape index (κ2) is 6.15. The number of hydrogen-bond acceptors (Lipinski definition) is 5. The zero-order chi connectivity index (χ0) is 15.5. The van der Waals surface area contributed by atoms with E-state index in [2.05, 4.69) is 22.2 Å². The fraction of sp³-hybridized carbons (Fsp3) is 0.267. The van der Waals surface area contributed by atoms with Gasteiger partial charge in [-0.3, -0.25) is 9.38 Å². The fourth-order valence-corrected chi connectivity index (χ4v) is 3.05. The molecule has 3 rings (SSSR count). The van der Waals surface area contributed by atoms with Gasteiger partial charge in [0.15, 0.2) is 5.65 Å². The first-order chi connectivity index (χ1) is 10.7. The Morgan fingerprint density at radius 1 is 1.45 bits per heavy atom. The van der Waals surface area contributed by atoms with Crippen LogP contribution in [0.1, 0.15) is 29.4 Å². The molecule has 7 heteroatoms. The van der Waals surface area contributed by atoms with Gasteiger partial charge in [0, 0.05) is 18.9 Å². The van der Waals surface area contributed by atoms with E-state index in [1.165, 1.54) is 11.3 Å². The van der Waals surface area contributed by atoms with E-state index in [4.69, 9.17) is 5.11 Å². The van der Waals surface area contributed by atoms with Gasteiger partial charge in [-0.25, -0.2) is 9.78 Å². The molecule has 6 nitrogen and oxygen atoms in total. The first-order valence-electron chi connectivity index (χ1n) is 7.10. The number of aromatic carboxylic acids is 1. The van der Waals surface area contributed by atoms with Crippen molar-refractivity contribution in [2.24, 2.45) is 0 Å². The molecule has 0 saturated carbocycles. The second-order valence-corrected chi connectivity index (χ2v) is 5.95. The minimum atomic E-state index is -0.915. The lowest BCUT2D eigenvalue weighted by Crippen LogP contribution is -2.04. The van der Waals surface area contributed by atoms with Crippen LogP contribution in [0.2, 0.25) is 0 Å². The van der Waals surface area contributed by atoms with Crippen molar-refractivity contribution in [2.75, 3.05) is 11.9 Å². The minimum Gasteiger partial charge on any atom is -0.477 e. The Morgan fingerprint density at radius 3 is 3.05 bits per heavy atom. The molecule has 0 aliphatic heterocycles. The Balaban J connectivity index is 2.06. The number of fused-ring (bicyclic) bond motifs is 1. The highest BCUT2D eigenvalue weighted by Gasteiger charge is 2.17. The van der Waals surface area contributed by atoms with Gasteiger partial charge in [0.1, 0.15) is 16.4 Å². The number of unbranched alkanes of at least 4 members (excludes halogenated alkanes) is 1. The molecule has 3 heterocycles. The topological polar surface area (TPSA) is 79.5 Å². The first-order valence-corrected chi connectivity index (χ1v) is 7.91. The molecule has 0 unspecified atom stereocenters. The van der Waals surface area contributed by atoms with E-state index in [1.807, 2.05) is 10.6 Å². The standard InChI is InChI=1S/C15H16N4O2S/c1-2-3-6-17-14-13(10-4-5-11(22-10)15(20)21)18-12-9-16-7-8-19(12)14/h4-5,7-9,17H,2-3,6H2,1H3,(H,20,21). The summed E-state index contributed by atoms with van der Waals surface area (Å²) in [6, 6.07) is 3.41. The lowest BCUT2D eigenvalue weighted by atomic mass is 10.3. The predicted octanol–water partition coefficient (Wildman–Crippen LogP) is 3.37. The summed E-state index contributed by atoms with van der Waals surface area (Å²) in [5.74, 6) is -0.0354. The fourth-order valence-electron chi connectivity index (χ4n) is 2.21. The van der Waals surface area contributed by atoms with Crippen LogP contribution in [0.15, 0.2) is 30.7 Å². The van der Waals surface area contributed by atoms with Crippen LogP contribution >= 0.6 is 11.3 Å². The molecule has 0 amide bonds. The average Bonchev–Trinajstić information content (AvgIpc) is 3.12. The zero-order valence-electron chi connectivity index (χ0n) is 12.1. The van der Waals surface area contributed by atoms with Crippen LogP contribution in [-0.2, 0) is 0 Å². The number of rotatable bonds is 6. The summed E-state index contributed by atoms with van der Waals surface area (Å²) in [6.45, 7) is 2.98. The van der Waals surface area contributed by atoms with Gasteiger partial charge in [-0.05, 0) is 18.6 Å². The molecule has 0 fully saturated rings. The Hall–Kier alpha value is -2.41. The van der Waals surface area contributed by atoms with Crippen molar-refractivity contribution in [3.8, 4) is 10.6 Å². The van der Waals surface area contributed by atoms with Crippen molar-refractivity contribution in [1.82, 2.24) is 14.4 Å². The molecule has 0 aliphatic rings. The highest BCUT2D eigenvalue weighted by atomic mass is 32.1. The van der Waals surface area contributed by atoms with Gasteiger partial charge in [0.2, 0.25) is 0 Å². The molecular weight excluding hydrogens is 300 g/mol. The molecule has 0 radical (unpaired) electrons. The van der Waals surface area contributed by atoms with E-state index in [-0.39, 0.29) is 0 Å². The number of nitrogens with zero attached hydrogens (tertiary/aromatic N) is 3. The van der Waals surface area contributed by atoms with Crippen LogP contribution < -0.4 is 5.32 Å². The van der Waals surface area contributed by atoms with Crippen LogP contribution in [0.3, 0.4) is 0 Å². The van der Waals surface area contributed by atoms with Gasteiger partial charge in [-0.15, -0.1) is 11.3 Å². The zero-order valence-corrected chi connectivity index (χ0v) is 12.9. The number of imidazole rings is 1. The van der Waals surface area contributed by atoms with Gasteiger partial charge < -0.3 is 10.4 Å². The van der Waals surface area contributed by atoms with Gasteiger partial charge in [0.25, 0.3) is 0 Å². The molecule has 0 aromatic carbocycles. The first kappa shape index (κ1) is 14.5. The smallest absolute Gasteiger partial charge is 0.345 e. The number of anilines is 1. The molecule has 3 aromatic heterocycles. The Kier molecular flexibility index (Phi) is 4.06. The monoisotopic (exact) mass is 316 g/mol. The van der Waals surface area contributed by atoms with E-state index < -0.39 is 5.97 Å². The largest absolute Gasteiger partial charge is 0.477 e. The molecule has 3 aromatic rings. The normalized spacial score (nSPS) is 11.0. The summed E-state index contributed by atoms with van der Waals surface area (Å²) in [5.41, 5.74) is 1.50. The molecule has 22 heavy (non-hydrogen) atoms. The number of thiophene rings is 1. The van der Waals surface area contributed by atoms with Gasteiger partial charge in [0.05, 0.1) is 11.1 Å². The van der Waals surface area contributed by atoms with E-state index in [0.29, 0.717) is 4.88 Å². The van der Waals surface area contributed by atoms with Gasteiger partial charge in [-0.2, -0.15) is 0 Å². The number of carboxylic acids is 1. The summed E-state index contributed by atoms with van der Waals surface area (Å²) in [6.07, 6.45) is 7.41. The molecule has 0 bridgehead atoms. The van der Waals surface area contributed by atoms with Crippen LogP contribution in [0.5, 0.6) is 0 Å². The van der Waals surface area contributed by atoms with Crippen molar-refractivity contribution in [1.29, 1.82) is 0 Å². The number of carboxylic acid groups (broad SMARTS) is 1. The van der Waals surface area contributed by atoms with Gasteiger partial charge >= 0.3 is 5.97 Å². The van der Waals surface area contributed by atoms with E-state index in [1.54, 1.807) is 24.5 Å². The summed E-state index contributed by atoms with van der Waals surface area (Å²) in [4.78, 5) is 20.9. The van der Waals surface area contributed by atoms with Crippen molar-refractivity contribution < 1.29 is 9.90 Å².